The monoisotopic (exact) mass is 324 g/mol. The molecule has 1 unspecified atom stereocenters. The molecular formula is C23H16O2. The molecule has 0 saturated heterocycles. The molecule has 0 aliphatic heterocycles. The lowest BCUT2D eigenvalue weighted by atomic mass is 9.88. The van der Waals surface area contributed by atoms with Gasteiger partial charge in [-0.15, -0.1) is 6.42 Å². The van der Waals surface area contributed by atoms with Crippen molar-refractivity contribution in [2.24, 2.45) is 0 Å². The molecule has 2 nitrogen and oxygen atoms in total. The topological polar surface area (TPSA) is 26.3 Å². The van der Waals surface area contributed by atoms with E-state index >= 15 is 0 Å². The second-order valence-electron chi connectivity index (χ2n) is 6.25. The van der Waals surface area contributed by atoms with Crippen LogP contribution in [0.15, 0.2) is 72.8 Å². The number of benzene rings is 3. The fourth-order valence-corrected chi connectivity index (χ4v) is 3.55. The SMILES string of the molecule is C#CC1(OC(=O)C(=C)C)c2ccccc2-c2ccc3ccccc3c21. The van der Waals surface area contributed by atoms with E-state index in [1.807, 2.05) is 54.6 Å². The zero-order chi connectivity index (χ0) is 17.6. The molecule has 25 heavy (non-hydrogen) atoms. The Kier molecular flexibility index (Phi) is 3.26. The van der Waals surface area contributed by atoms with E-state index in [2.05, 4.69) is 18.6 Å². The molecule has 3 aromatic carbocycles. The van der Waals surface area contributed by atoms with E-state index in [0.717, 1.165) is 33.0 Å². The van der Waals surface area contributed by atoms with Crippen molar-refractivity contribution < 1.29 is 9.53 Å². The van der Waals surface area contributed by atoms with Gasteiger partial charge in [-0.1, -0.05) is 67.2 Å². The second-order valence-corrected chi connectivity index (χ2v) is 6.25. The van der Waals surface area contributed by atoms with E-state index < -0.39 is 11.6 Å². The van der Waals surface area contributed by atoms with Crippen LogP contribution in [0.1, 0.15) is 18.1 Å². The lowest BCUT2D eigenvalue weighted by molar-refractivity contribution is -0.146. The molecule has 0 amide bonds. The third-order valence-electron chi connectivity index (χ3n) is 4.68. The molecule has 0 heterocycles. The van der Waals surface area contributed by atoms with Crippen molar-refractivity contribution in [3.8, 4) is 23.5 Å². The second kappa shape index (κ2) is 5.36. The number of esters is 1. The first-order valence-corrected chi connectivity index (χ1v) is 8.07. The Hall–Kier alpha value is -3.31. The Morgan fingerprint density at radius 2 is 1.76 bits per heavy atom. The molecule has 3 aromatic rings. The van der Waals surface area contributed by atoms with E-state index in [9.17, 15) is 4.79 Å². The predicted molar refractivity (Wildman–Crippen MR) is 99.9 cm³/mol. The van der Waals surface area contributed by atoms with E-state index in [0.29, 0.717) is 5.57 Å². The molecule has 0 aromatic heterocycles. The number of terminal acetylenes is 1. The first-order chi connectivity index (χ1) is 12.1. The zero-order valence-electron chi connectivity index (χ0n) is 13.9. The highest BCUT2D eigenvalue weighted by Crippen LogP contribution is 2.52. The zero-order valence-corrected chi connectivity index (χ0v) is 13.9. The summed E-state index contributed by atoms with van der Waals surface area (Å²) in [6, 6.07) is 19.9. The van der Waals surface area contributed by atoms with E-state index in [1.54, 1.807) is 6.92 Å². The highest BCUT2D eigenvalue weighted by molar-refractivity contribution is 5.99. The van der Waals surface area contributed by atoms with Crippen LogP contribution in [0, 0.1) is 12.3 Å². The van der Waals surface area contributed by atoms with Gasteiger partial charge in [-0.2, -0.15) is 0 Å². The highest BCUT2D eigenvalue weighted by atomic mass is 16.6. The van der Waals surface area contributed by atoms with Gasteiger partial charge in [-0.3, -0.25) is 0 Å². The third-order valence-corrected chi connectivity index (χ3v) is 4.68. The maximum Gasteiger partial charge on any atom is 0.335 e. The number of rotatable bonds is 2. The Labute approximate surface area is 146 Å². The van der Waals surface area contributed by atoms with Crippen molar-refractivity contribution >= 4 is 16.7 Å². The Balaban J connectivity index is 2.12. The van der Waals surface area contributed by atoms with Crippen LogP contribution in [0.25, 0.3) is 21.9 Å². The van der Waals surface area contributed by atoms with E-state index in [1.165, 1.54) is 0 Å². The number of carbonyl (C=O) groups excluding carboxylic acids is 1. The standard InChI is InChI=1S/C23H16O2/c1-4-23(25-22(24)15(2)3)20-12-8-7-11-18(20)19-14-13-16-9-5-6-10-17(16)21(19)23/h1,5-14H,2H2,3H3. The van der Waals surface area contributed by atoms with Crippen LogP contribution in [0.3, 0.4) is 0 Å². The predicted octanol–water partition coefficient (Wildman–Crippen LogP) is 4.82. The Bertz CT molecular complexity index is 1080. The average Bonchev–Trinajstić information content (AvgIpc) is 2.93. The van der Waals surface area contributed by atoms with Crippen molar-refractivity contribution in [1.29, 1.82) is 0 Å². The summed E-state index contributed by atoms with van der Waals surface area (Å²) in [6.07, 6.45) is 5.98. The summed E-state index contributed by atoms with van der Waals surface area (Å²) in [6.45, 7) is 5.32. The lowest BCUT2D eigenvalue weighted by Crippen LogP contribution is -2.30. The van der Waals surface area contributed by atoms with Crippen molar-refractivity contribution in [2.75, 3.05) is 0 Å². The number of ether oxygens (including phenoxy) is 1. The molecule has 120 valence electrons. The fraction of sp³-hybridized carbons (Fsp3) is 0.0870. The largest absolute Gasteiger partial charge is 0.434 e. The normalized spacial score (nSPS) is 17.4. The smallest absolute Gasteiger partial charge is 0.335 e. The van der Waals surface area contributed by atoms with Crippen LogP contribution in [-0.2, 0) is 15.1 Å². The summed E-state index contributed by atoms with van der Waals surface area (Å²) in [7, 11) is 0. The summed E-state index contributed by atoms with van der Waals surface area (Å²) < 4.78 is 5.90. The molecule has 0 bridgehead atoms. The van der Waals surface area contributed by atoms with Crippen LogP contribution in [0.2, 0.25) is 0 Å². The molecular weight excluding hydrogens is 308 g/mol. The highest BCUT2D eigenvalue weighted by Gasteiger charge is 2.46. The van der Waals surface area contributed by atoms with E-state index in [-0.39, 0.29) is 0 Å². The first kappa shape index (κ1) is 15.2. The van der Waals surface area contributed by atoms with Gasteiger partial charge in [0, 0.05) is 16.7 Å². The van der Waals surface area contributed by atoms with Crippen LogP contribution in [0.4, 0.5) is 0 Å². The number of fused-ring (bicyclic) bond motifs is 5. The fourth-order valence-electron chi connectivity index (χ4n) is 3.55. The summed E-state index contributed by atoms with van der Waals surface area (Å²) in [5.41, 5.74) is 2.74. The summed E-state index contributed by atoms with van der Waals surface area (Å²) in [5, 5.41) is 2.05. The van der Waals surface area contributed by atoms with Crippen LogP contribution < -0.4 is 0 Å². The number of hydrogen-bond donors (Lipinski definition) is 0. The van der Waals surface area contributed by atoms with Gasteiger partial charge in [0.2, 0.25) is 5.60 Å². The molecule has 0 N–H and O–H groups in total. The minimum absolute atomic E-state index is 0.320. The summed E-state index contributed by atoms with van der Waals surface area (Å²) in [5.74, 6) is 2.29. The van der Waals surface area contributed by atoms with Crippen molar-refractivity contribution in [2.45, 2.75) is 12.5 Å². The van der Waals surface area contributed by atoms with Crippen molar-refractivity contribution in [1.82, 2.24) is 0 Å². The maximum atomic E-state index is 12.4. The Morgan fingerprint density at radius 1 is 1.04 bits per heavy atom. The van der Waals surface area contributed by atoms with Crippen LogP contribution in [0.5, 0.6) is 0 Å². The van der Waals surface area contributed by atoms with Gasteiger partial charge in [-0.05, 0) is 34.7 Å². The van der Waals surface area contributed by atoms with Crippen LogP contribution in [-0.4, -0.2) is 5.97 Å². The lowest BCUT2D eigenvalue weighted by Gasteiger charge is -2.27. The quantitative estimate of drug-likeness (QED) is 0.384. The molecule has 0 radical (unpaired) electrons. The molecule has 1 aliphatic rings. The summed E-state index contributed by atoms with van der Waals surface area (Å²) in [4.78, 5) is 12.4. The first-order valence-electron chi connectivity index (χ1n) is 8.07. The van der Waals surface area contributed by atoms with Gasteiger partial charge < -0.3 is 4.74 Å². The number of carbonyl (C=O) groups is 1. The third kappa shape index (κ3) is 2.03. The van der Waals surface area contributed by atoms with E-state index in [4.69, 9.17) is 11.2 Å². The minimum Gasteiger partial charge on any atom is -0.434 e. The number of hydrogen-bond acceptors (Lipinski definition) is 2. The molecule has 0 spiro atoms. The van der Waals surface area contributed by atoms with Gasteiger partial charge in [-0.25, -0.2) is 4.79 Å². The molecule has 0 saturated carbocycles. The van der Waals surface area contributed by atoms with Gasteiger partial charge >= 0.3 is 5.97 Å². The van der Waals surface area contributed by atoms with Crippen molar-refractivity contribution in [3.63, 3.8) is 0 Å². The molecule has 4 rings (SSSR count). The molecule has 1 aliphatic carbocycles. The van der Waals surface area contributed by atoms with Crippen LogP contribution >= 0.6 is 0 Å². The molecule has 0 fully saturated rings. The molecule has 2 heteroatoms. The van der Waals surface area contributed by atoms with Gasteiger partial charge in [0.25, 0.3) is 0 Å². The van der Waals surface area contributed by atoms with Gasteiger partial charge in [0.15, 0.2) is 0 Å². The minimum atomic E-state index is -1.25. The molecule has 1 atom stereocenters. The maximum absolute atomic E-state index is 12.4. The Morgan fingerprint density at radius 3 is 2.52 bits per heavy atom. The van der Waals surface area contributed by atoms with Gasteiger partial charge in [0.1, 0.15) is 0 Å². The van der Waals surface area contributed by atoms with Gasteiger partial charge in [0.05, 0.1) is 0 Å². The summed E-state index contributed by atoms with van der Waals surface area (Å²) >= 11 is 0. The van der Waals surface area contributed by atoms with Crippen molar-refractivity contribution in [3.05, 3.63) is 83.9 Å². The average molecular weight is 324 g/mol.